The van der Waals surface area contributed by atoms with Gasteiger partial charge in [-0.25, -0.2) is 9.97 Å². The average molecular weight is 331 g/mol. The van der Waals surface area contributed by atoms with Gasteiger partial charge in [0.15, 0.2) is 5.82 Å². The van der Waals surface area contributed by atoms with Crippen LogP contribution in [0.15, 0.2) is 10.6 Å². The number of ether oxygens (including phenoxy) is 1. The number of aryl methyl sites for hydroxylation is 2. The number of nitrogens with zero attached hydrogens (tertiary/aromatic N) is 4. The second-order valence-corrected chi connectivity index (χ2v) is 6.59. The lowest BCUT2D eigenvalue weighted by Crippen LogP contribution is -2.35. The van der Waals surface area contributed by atoms with Crippen molar-refractivity contribution in [3.63, 3.8) is 0 Å². The van der Waals surface area contributed by atoms with Crippen LogP contribution >= 0.6 is 0 Å². The maximum Gasteiger partial charge on any atom is 0.156 e. The minimum Gasteiger partial charge on any atom is -0.377 e. The molecule has 0 aliphatic heterocycles. The lowest BCUT2D eigenvalue weighted by Gasteiger charge is -2.32. The molecule has 1 aliphatic rings. The third-order valence-corrected chi connectivity index (χ3v) is 4.61. The van der Waals surface area contributed by atoms with Crippen molar-refractivity contribution in [2.75, 3.05) is 19.1 Å². The molecule has 2 aromatic rings. The molecule has 7 heteroatoms. The summed E-state index contributed by atoms with van der Waals surface area (Å²) in [7, 11) is 3.67. The summed E-state index contributed by atoms with van der Waals surface area (Å²) in [5, 5.41) is 4.02. The van der Waals surface area contributed by atoms with Gasteiger partial charge in [-0.1, -0.05) is 5.16 Å². The third-order valence-electron chi connectivity index (χ3n) is 4.61. The Morgan fingerprint density at radius 2 is 2.08 bits per heavy atom. The minimum absolute atomic E-state index is 0.291. The fourth-order valence-electron chi connectivity index (χ4n) is 3.05. The van der Waals surface area contributed by atoms with Crippen molar-refractivity contribution in [2.45, 2.75) is 51.8 Å². The Morgan fingerprint density at radius 1 is 1.33 bits per heavy atom. The smallest absolute Gasteiger partial charge is 0.156 e. The molecule has 24 heavy (non-hydrogen) atoms. The molecule has 2 aromatic heterocycles. The Labute approximate surface area is 142 Å². The zero-order valence-electron chi connectivity index (χ0n) is 14.7. The van der Waals surface area contributed by atoms with Crippen molar-refractivity contribution in [2.24, 2.45) is 5.73 Å². The Balaban J connectivity index is 1.85. The number of nitrogens with two attached hydrogens (primary N) is 1. The summed E-state index contributed by atoms with van der Waals surface area (Å²) in [6.07, 6.45) is 1.97. The molecule has 0 unspecified atom stereocenters. The Bertz CT molecular complexity index is 690. The first-order valence-corrected chi connectivity index (χ1v) is 8.23. The van der Waals surface area contributed by atoms with E-state index in [2.05, 4.69) is 26.1 Å². The van der Waals surface area contributed by atoms with Gasteiger partial charge >= 0.3 is 0 Å². The highest BCUT2D eigenvalue weighted by atomic mass is 16.5. The standard InChI is InChI=1S/C17H25N5O2/c1-10-14(11(2)24-21-10)8-22(3)17-7-15(12-5-13(18)6-12)19-16(20-17)9-23-4/h7,12-13H,5-6,8-9,18H2,1-4H3. The zero-order chi connectivity index (χ0) is 17.3. The van der Waals surface area contributed by atoms with Crippen molar-refractivity contribution >= 4 is 5.82 Å². The molecular formula is C17H25N5O2. The lowest BCUT2D eigenvalue weighted by atomic mass is 9.78. The quantitative estimate of drug-likeness (QED) is 0.866. The van der Waals surface area contributed by atoms with E-state index in [1.807, 2.05) is 20.9 Å². The van der Waals surface area contributed by atoms with E-state index in [0.717, 1.165) is 41.4 Å². The number of anilines is 1. The second kappa shape index (κ2) is 6.86. The van der Waals surface area contributed by atoms with Crippen molar-refractivity contribution in [3.05, 3.63) is 34.6 Å². The number of hydrogen-bond donors (Lipinski definition) is 1. The van der Waals surface area contributed by atoms with Crippen LogP contribution in [0.5, 0.6) is 0 Å². The molecule has 0 atom stereocenters. The predicted octanol–water partition coefficient (Wildman–Crippen LogP) is 2.07. The van der Waals surface area contributed by atoms with Gasteiger partial charge in [0, 0.05) is 50.0 Å². The van der Waals surface area contributed by atoms with E-state index in [4.69, 9.17) is 15.0 Å². The van der Waals surface area contributed by atoms with E-state index < -0.39 is 0 Å². The minimum atomic E-state index is 0.291. The zero-order valence-corrected chi connectivity index (χ0v) is 14.7. The van der Waals surface area contributed by atoms with Crippen LogP contribution in [-0.4, -0.2) is 35.3 Å². The number of hydrogen-bond acceptors (Lipinski definition) is 7. The Hall–Kier alpha value is -1.99. The molecule has 130 valence electrons. The van der Waals surface area contributed by atoms with E-state index in [0.29, 0.717) is 30.9 Å². The number of aromatic nitrogens is 3. The van der Waals surface area contributed by atoms with Crippen LogP contribution in [0.1, 0.15) is 47.3 Å². The van der Waals surface area contributed by atoms with E-state index in [1.165, 1.54) is 0 Å². The molecule has 0 aromatic carbocycles. The molecule has 1 aliphatic carbocycles. The molecule has 0 bridgehead atoms. The van der Waals surface area contributed by atoms with E-state index in [-0.39, 0.29) is 0 Å². The van der Waals surface area contributed by atoms with Gasteiger partial charge in [0.25, 0.3) is 0 Å². The van der Waals surface area contributed by atoms with Crippen LogP contribution < -0.4 is 10.6 Å². The molecule has 1 saturated carbocycles. The summed E-state index contributed by atoms with van der Waals surface area (Å²) < 4.78 is 10.5. The van der Waals surface area contributed by atoms with E-state index in [9.17, 15) is 0 Å². The summed E-state index contributed by atoms with van der Waals surface area (Å²) in [6, 6.07) is 2.35. The fourth-order valence-corrected chi connectivity index (χ4v) is 3.05. The molecular weight excluding hydrogens is 306 g/mol. The average Bonchev–Trinajstić information content (AvgIpc) is 2.83. The first-order valence-electron chi connectivity index (χ1n) is 8.23. The topological polar surface area (TPSA) is 90.3 Å². The Kier molecular flexibility index (Phi) is 4.82. The highest BCUT2D eigenvalue weighted by molar-refractivity contribution is 5.42. The highest BCUT2D eigenvalue weighted by Gasteiger charge is 2.29. The number of rotatable bonds is 6. The van der Waals surface area contributed by atoms with Gasteiger partial charge in [0.2, 0.25) is 0 Å². The normalized spacial score (nSPS) is 20.0. The van der Waals surface area contributed by atoms with Crippen LogP contribution in [0, 0.1) is 13.8 Å². The fraction of sp³-hybridized carbons (Fsp3) is 0.588. The van der Waals surface area contributed by atoms with Gasteiger partial charge in [0.1, 0.15) is 18.2 Å². The summed E-state index contributed by atoms with van der Waals surface area (Å²) in [5.41, 5.74) is 8.99. The first-order chi connectivity index (χ1) is 11.5. The molecule has 0 saturated heterocycles. The van der Waals surface area contributed by atoms with Crippen LogP contribution in [0.2, 0.25) is 0 Å². The van der Waals surface area contributed by atoms with Crippen molar-refractivity contribution in [1.29, 1.82) is 0 Å². The summed E-state index contributed by atoms with van der Waals surface area (Å²) in [6.45, 7) is 4.98. The third kappa shape index (κ3) is 3.42. The van der Waals surface area contributed by atoms with E-state index >= 15 is 0 Å². The predicted molar refractivity (Wildman–Crippen MR) is 90.8 cm³/mol. The molecule has 0 radical (unpaired) electrons. The maximum absolute atomic E-state index is 5.93. The van der Waals surface area contributed by atoms with Gasteiger partial charge in [0.05, 0.1) is 5.69 Å². The highest BCUT2D eigenvalue weighted by Crippen LogP contribution is 2.35. The molecule has 0 amide bonds. The van der Waals surface area contributed by atoms with Crippen LogP contribution in [-0.2, 0) is 17.9 Å². The van der Waals surface area contributed by atoms with Gasteiger partial charge in [-0.15, -0.1) is 0 Å². The Morgan fingerprint density at radius 3 is 2.67 bits per heavy atom. The first kappa shape index (κ1) is 16.9. The van der Waals surface area contributed by atoms with Gasteiger partial charge in [-0.3, -0.25) is 0 Å². The van der Waals surface area contributed by atoms with Crippen LogP contribution in [0.4, 0.5) is 5.82 Å². The molecule has 0 spiro atoms. The van der Waals surface area contributed by atoms with Gasteiger partial charge in [-0.2, -0.15) is 0 Å². The molecule has 7 nitrogen and oxygen atoms in total. The molecule has 2 N–H and O–H groups in total. The molecule has 1 fully saturated rings. The van der Waals surface area contributed by atoms with Crippen molar-refractivity contribution < 1.29 is 9.26 Å². The van der Waals surface area contributed by atoms with Crippen molar-refractivity contribution in [1.82, 2.24) is 15.1 Å². The number of methoxy groups -OCH3 is 1. The monoisotopic (exact) mass is 331 g/mol. The lowest BCUT2D eigenvalue weighted by molar-refractivity contribution is 0.177. The summed E-state index contributed by atoms with van der Waals surface area (Å²) in [5.74, 6) is 2.85. The SMILES string of the molecule is COCc1nc(C2CC(N)C2)cc(N(C)Cc2c(C)noc2C)n1. The van der Waals surface area contributed by atoms with Crippen molar-refractivity contribution in [3.8, 4) is 0 Å². The van der Waals surface area contributed by atoms with Gasteiger partial charge in [-0.05, 0) is 26.7 Å². The van der Waals surface area contributed by atoms with E-state index in [1.54, 1.807) is 7.11 Å². The van der Waals surface area contributed by atoms with Crippen LogP contribution in [0.25, 0.3) is 0 Å². The molecule has 2 heterocycles. The maximum atomic E-state index is 5.93. The second-order valence-electron chi connectivity index (χ2n) is 6.59. The largest absolute Gasteiger partial charge is 0.377 e. The summed E-state index contributed by atoms with van der Waals surface area (Å²) >= 11 is 0. The molecule has 3 rings (SSSR count). The summed E-state index contributed by atoms with van der Waals surface area (Å²) in [4.78, 5) is 11.4. The van der Waals surface area contributed by atoms with Gasteiger partial charge < -0.3 is 19.9 Å². The van der Waals surface area contributed by atoms with Crippen LogP contribution in [0.3, 0.4) is 0 Å².